The fraction of sp³-hybridized carbons (Fsp3) is 0.615. The third kappa shape index (κ3) is 1.99. The fourth-order valence-electron chi connectivity index (χ4n) is 2.07. The highest BCUT2D eigenvalue weighted by molar-refractivity contribution is 5.80. The Balaban J connectivity index is 1.54. The quantitative estimate of drug-likeness (QED) is 0.845. The molecule has 0 spiro atoms. The average Bonchev–Trinajstić information content (AvgIpc) is 3.17. The van der Waals surface area contributed by atoms with Crippen LogP contribution in [0.15, 0.2) is 16.5 Å². The lowest BCUT2D eigenvalue weighted by atomic mass is 10.3. The zero-order chi connectivity index (χ0) is 11.1. The maximum atomic E-state index is 11.4. The van der Waals surface area contributed by atoms with Crippen molar-refractivity contribution in [3.8, 4) is 0 Å². The Morgan fingerprint density at radius 3 is 2.88 bits per heavy atom. The van der Waals surface area contributed by atoms with E-state index in [0.29, 0.717) is 12.5 Å². The minimum Gasteiger partial charge on any atom is -0.464 e. The number of hydrogen-bond donors (Lipinski definition) is 1. The lowest BCUT2D eigenvalue weighted by molar-refractivity contribution is -0.122. The van der Waals surface area contributed by atoms with Gasteiger partial charge in [-0.25, -0.2) is 0 Å². The number of hydrogen-bond acceptors (Lipinski definition) is 2. The van der Waals surface area contributed by atoms with E-state index in [1.165, 1.54) is 6.42 Å². The molecule has 1 amide bonds. The van der Waals surface area contributed by atoms with E-state index in [2.05, 4.69) is 12.2 Å². The van der Waals surface area contributed by atoms with Crippen LogP contribution in [-0.4, -0.2) is 5.91 Å². The van der Waals surface area contributed by atoms with Gasteiger partial charge in [0.05, 0.1) is 6.54 Å². The summed E-state index contributed by atoms with van der Waals surface area (Å²) in [6.45, 7) is 2.78. The van der Waals surface area contributed by atoms with Crippen LogP contribution in [0.2, 0.25) is 0 Å². The molecule has 2 aliphatic rings. The first-order valence-corrected chi connectivity index (χ1v) is 6.10. The molecule has 0 bridgehead atoms. The molecular weight excluding hydrogens is 202 g/mol. The van der Waals surface area contributed by atoms with Crippen molar-refractivity contribution in [2.75, 3.05) is 0 Å². The largest absolute Gasteiger partial charge is 0.464 e. The van der Waals surface area contributed by atoms with Crippen molar-refractivity contribution in [2.45, 2.75) is 38.6 Å². The van der Waals surface area contributed by atoms with Crippen LogP contribution in [0.5, 0.6) is 0 Å². The second kappa shape index (κ2) is 3.65. The predicted octanol–water partition coefficient (Wildman–Crippen LogP) is 2.43. The molecule has 0 aliphatic heterocycles. The van der Waals surface area contributed by atoms with Gasteiger partial charge in [0.1, 0.15) is 11.5 Å². The fourth-order valence-corrected chi connectivity index (χ4v) is 2.07. The standard InChI is InChI=1S/C13H17NO2/c1-8-6-11(8)12-5-4-10(16-12)7-14-13(15)9-2-3-9/h4-5,8-9,11H,2-3,6-7H2,1H3,(H,14,15)/t8-,11-/m0/s1. The monoisotopic (exact) mass is 219 g/mol. The van der Waals surface area contributed by atoms with E-state index >= 15 is 0 Å². The predicted molar refractivity (Wildman–Crippen MR) is 59.8 cm³/mol. The number of carbonyl (C=O) groups is 1. The second-order valence-electron chi connectivity index (χ2n) is 5.12. The molecule has 0 saturated heterocycles. The van der Waals surface area contributed by atoms with E-state index in [-0.39, 0.29) is 11.8 Å². The molecule has 1 N–H and O–H groups in total. The molecular formula is C13H17NO2. The van der Waals surface area contributed by atoms with Crippen LogP contribution in [-0.2, 0) is 11.3 Å². The molecule has 1 aromatic rings. The normalized spacial score (nSPS) is 27.8. The number of amides is 1. The van der Waals surface area contributed by atoms with Gasteiger partial charge in [0.25, 0.3) is 0 Å². The van der Waals surface area contributed by atoms with Crippen LogP contribution < -0.4 is 5.32 Å². The summed E-state index contributed by atoms with van der Waals surface area (Å²) in [7, 11) is 0. The first-order chi connectivity index (χ1) is 7.74. The summed E-state index contributed by atoms with van der Waals surface area (Å²) in [6.07, 6.45) is 3.34. The Bertz CT molecular complexity index is 406. The van der Waals surface area contributed by atoms with Gasteiger partial charge in [0.15, 0.2) is 0 Å². The Morgan fingerprint density at radius 2 is 2.25 bits per heavy atom. The molecule has 3 nitrogen and oxygen atoms in total. The third-order valence-corrected chi connectivity index (χ3v) is 3.54. The summed E-state index contributed by atoms with van der Waals surface area (Å²) in [5.74, 6) is 3.80. The highest BCUT2D eigenvalue weighted by Gasteiger charge is 2.36. The number of carbonyl (C=O) groups excluding carboxylic acids is 1. The van der Waals surface area contributed by atoms with E-state index in [0.717, 1.165) is 30.3 Å². The van der Waals surface area contributed by atoms with E-state index in [4.69, 9.17) is 4.42 Å². The van der Waals surface area contributed by atoms with Crippen LogP contribution >= 0.6 is 0 Å². The molecule has 3 rings (SSSR count). The van der Waals surface area contributed by atoms with Gasteiger partial charge in [-0.2, -0.15) is 0 Å². The van der Waals surface area contributed by atoms with Crippen LogP contribution in [0.4, 0.5) is 0 Å². The number of nitrogens with one attached hydrogen (secondary N) is 1. The summed E-state index contributed by atoms with van der Waals surface area (Å²) in [5, 5.41) is 2.91. The summed E-state index contributed by atoms with van der Waals surface area (Å²) >= 11 is 0. The lowest BCUT2D eigenvalue weighted by Crippen LogP contribution is -2.23. The first kappa shape index (κ1) is 9.94. The molecule has 0 aromatic carbocycles. The molecule has 86 valence electrons. The molecule has 2 aliphatic carbocycles. The van der Waals surface area contributed by atoms with Crippen molar-refractivity contribution < 1.29 is 9.21 Å². The zero-order valence-electron chi connectivity index (χ0n) is 9.53. The van der Waals surface area contributed by atoms with Gasteiger partial charge < -0.3 is 9.73 Å². The molecule has 0 radical (unpaired) electrons. The van der Waals surface area contributed by atoms with Gasteiger partial charge in [-0.1, -0.05) is 6.92 Å². The molecule has 1 aromatic heterocycles. The summed E-state index contributed by atoms with van der Waals surface area (Å²) in [4.78, 5) is 11.4. The van der Waals surface area contributed by atoms with E-state index < -0.39 is 0 Å². The lowest BCUT2D eigenvalue weighted by Gasteiger charge is -2.00. The summed E-state index contributed by atoms with van der Waals surface area (Å²) < 4.78 is 5.71. The first-order valence-electron chi connectivity index (χ1n) is 6.10. The van der Waals surface area contributed by atoms with Crippen LogP contribution in [0.3, 0.4) is 0 Å². The molecule has 2 atom stereocenters. The maximum absolute atomic E-state index is 11.4. The van der Waals surface area contributed by atoms with E-state index in [9.17, 15) is 4.79 Å². The number of furan rings is 1. The molecule has 0 unspecified atom stereocenters. The van der Waals surface area contributed by atoms with Crippen molar-refractivity contribution >= 4 is 5.91 Å². The highest BCUT2D eigenvalue weighted by Crippen LogP contribution is 2.47. The van der Waals surface area contributed by atoms with Crippen molar-refractivity contribution in [3.63, 3.8) is 0 Å². The molecule has 16 heavy (non-hydrogen) atoms. The summed E-state index contributed by atoms with van der Waals surface area (Å²) in [6, 6.07) is 4.03. The van der Waals surface area contributed by atoms with Gasteiger partial charge in [-0.05, 0) is 37.3 Å². The maximum Gasteiger partial charge on any atom is 0.223 e. The zero-order valence-corrected chi connectivity index (χ0v) is 9.53. The average molecular weight is 219 g/mol. The van der Waals surface area contributed by atoms with Crippen LogP contribution in [0.25, 0.3) is 0 Å². The smallest absolute Gasteiger partial charge is 0.223 e. The van der Waals surface area contributed by atoms with Crippen LogP contribution in [0, 0.1) is 11.8 Å². The SMILES string of the molecule is C[C@H]1C[C@@H]1c1ccc(CNC(=O)C2CC2)o1. The van der Waals surface area contributed by atoms with Gasteiger partial charge in [0.2, 0.25) is 5.91 Å². The molecule has 3 heteroatoms. The van der Waals surface area contributed by atoms with Gasteiger partial charge >= 0.3 is 0 Å². The van der Waals surface area contributed by atoms with E-state index in [1.54, 1.807) is 0 Å². The number of rotatable bonds is 4. The Kier molecular flexibility index (Phi) is 2.27. The van der Waals surface area contributed by atoms with Gasteiger partial charge in [0, 0.05) is 11.8 Å². The summed E-state index contributed by atoms with van der Waals surface area (Å²) in [5.41, 5.74) is 0. The van der Waals surface area contributed by atoms with E-state index in [1.807, 2.05) is 12.1 Å². The second-order valence-corrected chi connectivity index (χ2v) is 5.12. The molecule has 2 saturated carbocycles. The van der Waals surface area contributed by atoms with Crippen LogP contribution in [0.1, 0.15) is 43.6 Å². The molecule has 1 heterocycles. The van der Waals surface area contributed by atoms with Crippen molar-refractivity contribution in [1.29, 1.82) is 0 Å². The minimum atomic E-state index is 0.178. The Morgan fingerprint density at radius 1 is 1.50 bits per heavy atom. The molecule has 2 fully saturated rings. The topological polar surface area (TPSA) is 42.2 Å². The minimum absolute atomic E-state index is 0.178. The van der Waals surface area contributed by atoms with Crippen molar-refractivity contribution in [2.24, 2.45) is 11.8 Å². The third-order valence-electron chi connectivity index (χ3n) is 3.54. The van der Waals surface area contributed by atoms with Gasteiger partial charge in [-0.15, -0.1) is 0 Å². The Labute approximate surface area is 95.2 Å². The highest BCUT2D eigenvalue weighted by atomic mass is 16.3. The Hall–Kier alpha value is -1.25. The van der Waals surface area contributed by atoms with Crippen molar-refractivity contribution in [1.82, 2.24) is 5.32 Å². The van der Waals surface area contributed by atoms with Gasteiger partial charge in [-0.3, -0.25) is 4.79 Å². The van der Waals surface area contributed by atoms with Crippen molar-refractivity contribution in [3.05, 3.63) is 23.7 Å².